The van der Waals surface area contributed by atoms with Crippen LogP contribution in [0.1, 0.15) is 26.7 Å². The fourth-order valence-corrected chi connectivity index (χ4v) is 1.51. The highest BCUT2D eigenvalue weighted by molar-refractivity contribution is 6.35. The maximum atomic E-state index is 11.8. The molecule has 0 radical (unpaired) electrons. The summed E-state index contributed by atoms with van der Waals surface area (Å²) in [6.45, 7) is 5.29. The molecule has 0 saturated heterocycles. The van der Waals surface area contributed by atoms with E-state index in [-0.39, 0.29) is 6.54 Å². The van der Waals surface area contributed by atoms with Crippen LogP contribution in [0.4, 0.5) is 0 Å². The zero-order valence-corrected chi connectivity index (χ0v) is 11.7. The molecule has 0 aliphatic rings. The third-order valence-electron chi connectivity index (χ3n) is 2.42. The number of ether oxygens (including phenoxy) is 2. The molecule has 0 unspecified atom stereocenters. The quantitative estimate of drug-likeness (QED) is 0.506. The van der Waals surface area contributed by atoms with Gasteiger partial charge in [-0.2, -0.15) is 0 Å². The van der Waals surface area contributed by atoms with Crippen LogP contribution in [-0.4, -0.2) is 56.9 Å². The van der Waals surface area contributed by atoms with Crippen molar-refractivity contribution in [1.29, 1.82) is 0 Å². The van der Waals surface area contributed by atoms with Crippen LogP contribution < -0.4 is 5.32 Å². The average Bonchev–Trinajstić information content (AvgIpc) is 2.38. The van der Waals surface area contributed by atoms with Crippen molar-refractivity contribution in [1.82, 2.24) is 10.2 Å². The summed E-state index contributed by atoms with van der Waals surface area (Å²) in [5.74, 6) is -1.11. The Bertz CT molecular complexity index is 248. The molecule has 1 N–H and O–H groups in total. The number of methoxy groups -OCH3 is 2. The maximum Gasteiger partial charge on any atom is 0.311 e. The molecule has 0 aromatic heterocycles. The summed E-state index contributed by atoms with van der Waals surface area (Å²) in [4.78, 5) is 25.1. The lowest BCUT2D eigenvalue weighted by Crippen LogP contribution is -2.46. The van der Waals surface area contributed by atoms with Gasteiger partial charge in [0.05, 0.1) is 6.54 Å². The Hall–Kier alpha value is -1.14. The normalized spacial score (nSPS) is 10.5. The third kappa shape index (κ3) is 5.97. The molecule has 0 aromatic rings. The van der Waals surface area contributed by atoms with Gasteiger partial charge in [-0.25, -0.2) is 0 Å². The summed E-state index contributed by atoms with van der Waals surface area (Å²) in [6.07, 6.45) is 1.13. The molecule has 0 aromatic carbocycles. The van der Waals surface area contributed by atoms with Crippen LogP contribution in [0.5, 0.6) is 0 Å². The SMILES string of the molecule is CCCN(CCC)C(=O)C(=O)NCC(OC)OC. The van der Waals surface area contributed by atoms with E-state index in [2.05, 4.69) is 5.32 Å². The minimum absolute atomic E-state index is 0.156. The second-order valence-electron chi connectivity index (χ2n) is 3.90. The Labute approximate surface area is 109 Å². The number of carbonyl (C=O) groups excluding carboxylic acids is 2. The van der Waals surface area contributed by atoms with E-state index in [1.807, 2.05) is 13.8 Å². The molecule has 0 fully saturated rings. The molecule has 6 nitrogen and oxygen atoms in total. The van der Waals surface area contributed by atoms with Gasteiger partial charge in [-0.15, -0.1) is 0 Å². The molecule has 0 atom stereocenters. The second-order valence-corrected chi connectivity index (χ2v) is 3.90. The molecule has 6 heteroatoms. The standard InChI is InChI=1S/C12H24N2O4/c1-5-7-14(8-6-2)12(16)11(15)13-9-10(17-3)18-4/h10H,5-9H2,1-4H3,(H,13,15). The lowest BCUT2D eigenvalue weighted by Gasteiger charge is -2.21. The molecular formula is C12H24N2O4. The first-order valence-electron chi connectivity index (χ1n) is 6.23. The highest BCUT2D eigenvalue weighted by atomic mass is 16.7. The van der Waals surface area contributed by atoms with Crippen LogP contribution in [-0.2, 0) is 19.1 Å². The Morgan fingerprint density at radius 2 is 1.61 bits per heavy atom. The van der Waals surface area contributed by atoms with Gasteiger partial charge in [0.25, 0.3) is 0 Å². The first-order chi connectivity index (χ1) is 8.60. The first kappa shape index (κ1) is 16.9. The second kappa shape index (κ2) is 9.85. The van der Waals surface area contributed by atoms with Gasteiger partial charge in [0.15, 0.2) is 6.29 Å². The van der Waals surface area contributed by atoms with Crippen molar-refractivity contribution in [3.8, 4) is 0 Å². The van der Waals surface area contributed by atoms with E-state index in [9.17, 15) is 9.59 Å². The van der Waals surface area contributed by atoms with E-state index in [0.717, 1.165) is 12.8 Å². The number of nitrogens with zero attached hydrogens (tertiary/aromatic N) is 1. The number of carbonyl (C=O) groups is 2. The summed E-state index contributed by atoms with van der Waals surface area (Å²) in [7, 11) is 2.95. The minimum Gasteiger partial charge on any atom is -0.354 e. The van der Waals surface area contributed by atoms with Gasteiger partial charge in [-0.05, 0) is 12.8 Å². The number of amides is 2. The fourth-order valence-electron chi connectivity index (χ4n) is 1.51. The minimum atomic E-state index is -0.615. The molecule has 0 bridgehead atoms. The van der Waals surface area contributed by atoms with Crippen molar-refractivity contribution in [3.63, 3.8) is 0 Å². The summed E-state index contributed by atoms with van der Waals surface area (Å²) < 4.78 is 9.85. The van der Waals surface area contributed by atoms with Gasteiger partial charge in [0.2, 0.25) is 0 Å². The topological polar surface area (TPSA) is 67.9 Å². The van der Waals surface area contributed by atoms with E-state index < -0.39 is 18.1 Å². The lowest BCUT2D eigenvalue weighted by molar-refractivity contribution is -0.147. The highest BCUT2D eigenvalue weighted by Gasteiger charge is 2.21. The van der Waals surface area contributed by atoms with Crippen molar-refractivity contribution in [2.45, 2.75) is 33.0 Å². The Morgan fingerprint density at radius 1 is 1.11 bits per heavy atom. The maximum absolute atomic E-state index is 11.8. The van der Waals surface area contributed by atoms with E-state index in [0.29, 0.717) is 13.1 Å². The molecule has 0 heterocycles. The van der Waals surface area contributed by atoms with E-state index in [1.54, 1.807) is 4.90 Å². The van der Waals surface area contributed by atoms with E-state index >= 15 is 0 Å². The smallest absolute Gasteiger partial charge is 0.311 e. The Balaban J connectivity index is 4.25. The van der Waals surface area contributed by atoms with Gasteiger partial charge in [-0.3, -0.25) is 9.59 Å². The molecule has 0 aliphatic carbocycles. The van der Waals surface area contributed by atoms with Crippen LogP contribution in [0.15, 0.2) is 0 Å². The zero-order valence-electron chi connectivity index (χ0n) is 11.7. The number of hydrogen-bond donors (Lipinski definition) is 1. The molecule has 2 amide bonds. The Kier molecular flexibility index (Phi) is 9.22. The predicted octanol–water partition coefficient (Wildman–Crippen LogP) is 0.370. The van der Waals surface area contributed by atoms with Crippen molar-refractivity contribution in [2.24, 2.45) is 0 Å². The van der Waals surface area contributed by atoms with Crippen molar-refractivity contribution < 1.29 is 19.1 Å². The molecular weight excluding hydrogens is 236 g/mol. The molecule has 0 saturated carbocycles. The zero-order chi connectivity index (χ0) is 14.0. The van der Waals surface area contributed by atoms with E-state index in [4.69, 9.17) is 9.47 Å². The van der Waals surface area contributed by atoms with Crippen LogP contribution in [0.3, 0.4) is 0 Å². The Morgan fingerprint density at radius 3 is 2.00 bits per heavy atom. The van der Waals surface area contributed by atoms with Crippen molar-refractivity contribution in [2.75, 3.05) is 33.9 Å². The molecule has 0 spiro atoms. The highest BCUT2D eigenvalue weighted by Crippen LogP contribution is 1.96. The van der Waals surface area contributed by atoms with Gasteiger partial charge in [0.1, 0.15) is 0 Å². The number of nitrogens with one attached hydrogen (secondary N) is 1. The predicted molar refractivity (Wildman–Crippen MR) is 68.0 cm³/mol. The van der Waals surface area contributed by atoms with Gasteiger partial charge in [-0.1, -0.05) is 13.8 Å². The molecule has 0 rings (SSSR count). The van der Waals surface area contributed by atoms with Crippen LogP contribution in [0.25, 0.3) is 0 Å². The monoisotopic (exact) mass is 260 g/mol. The van der Waals surface area contributed by atoms with Crippen molar-refractivity contribution in [3.05, 3.63) is 0 Å². The van der Waals surface area contributed by atoms with Crippen LogP contribution in [0, 0.1) is 0 Å². The van der Waals surface area contributed by atoms with Gasteiger partial charge in [0, 0.05) is 27.3 Å². The average molecular weight is 260 g/mol. The first-order valence-corrected chi connectivity index (χ1v) is 6.23. The summed E-state index contributed by atoms with van der Waals surface area (Å²) in [5, 5.41) is 2.50. The molecule has 106 valence electrons. The lowest BCUT2D eigenvalue weighted by atomic mass is 10.3. The largest absolute Gasteiger partial charge is 0.354 e. The van der Waals surface area contributed by atoms with Crippen LogP contribution >= 0.6 is 0 Å². The van der Waals surface area contributed by atoms with Gasteiger partial charge >= 0.3 is 11.8 Å². The van der Waals surface area contributed by atoms with Gasteiger partial charge < -0.3 is 19.7 Å². The summed E-state index contributed by atoms with van der Waals surface area (Å²) >= 11 is 0. The number of rotatable bonds is 8. The van der Waals surface area contributed by atoms with Crippen LogP contribution in [0.2, 0.25) is 0 Å². The molecule has 0 aliphatic heterocycles. The van der Waals surface area contributed by atoms with Crippen molar-refractivity contribution >= 4 is 11.8 Å². The summed E-state index contributed by atoms with van der Waals surface area (Å²) in [6, 6.07) is 0. The summed E-state index contributed by atoms with van der Waals surface area (Å²) in [5.41, 5.74) is 0. The third-order valence-corrected chi connectivity index (χ3v) is 2.42. The fraction of sp³-hybridized carbons (Fsp3) is 0.833. The van der Waals surface area contributed by atoms with E-state index in [1.165, 1.54) is 14.2 Å². The number of hydrogen-bond acceptors (Lipinski definition) is 4. The molecule has 18 heavy (non-hydrogen) atoms.